The van der Waals surface area contributed by atoms with E-state index in [4.69, 9.17) is 14.2 Å². The summed E-state index contributed by atoms with van der Waals surface area (Å²) < 4.78 is 19.9. The monoisotopic (exact) mass is 380 g/mol. The summed E-state index contributed by atoms with van der Waals surface area (Å²) in [6.45, 7) is 3.04. The minimum absolute atomic E-state index is 0.115. The first kappa shape index (κ1) is 15.9. The predicted molar refractivity (Wildman–Crippen MR) is 92.8 cm³/mol. The molecule has 0 unspecified atom stereocenters. The Kier molecular flexibility index (Phi) is 4.41. The average Bonchev–Trinajstić information content (AvgIpc) is 2.98. The van der Waals surface area contributed by atoms with Crippen molar-refractivity contribution in [2.75, 3.05) is 6.61 Å². The van der Waals surface area contributed by atoms with Gasteiger partial charge in [-0.25, -0.2) is 0 Å². The van der Waals surface area contributed by atoms with Crippen LogP contribution in [0.25, 0.3) is 0 Å². The van der Waals surface area contributed by atoms with Crippen LogP contribution in [0.4, 0.5) is 0 Å². The fourth-order valence-corrected chi connectivity index (χ4v) is 4.63. The number of ether oxygens (including phenoxy) is 3. The summed E-state index contributed by atoms with van der Waals surface area (Å²) in [6.07, 6.45) is 9.28. The first-order chi connectivity index (χ1) is 11.2. The number of benzene rings is 1. The minimum Gasteiger partial charge on any atom is -0.461 e. The van der Waals surface area contributed by atoms with Gasteiger partial charge in [-0.05, 0) is 46.8 Å². The molecule has 0 aliphatic carbocycles. The maximum Gasteiger partial charge on any atom is 0.213 e. The van der Waals surface area contributed by atoms with E-state index < -0.39 is 5.79 Å². The van der Waals surface area contributed by atoms with Gasteiger partial charge in [0.05, 0.1) is 23.3 Å². The lowest BCUT2D eigenvalue weighted by atomic mass is 9.86. The number of hydrogen-bond acceptors (Lipinski definition) is 3. The van der Waals surface area contributed by atoms with Gasteiger partial charge in [-0.2, -0.15) is 0 Å². The topological polar surface area (TPSA) is 27.7 Å². The largest absolute Gasteiger partial charge is 0.461 e. The lowest BCUT2D eigenvalue weighted by Crippen LogP contribution is -2.43. The molecule has 3 atom stereocenters. The highest BCUT2D eigenvalue weighted by Crippen LogP contribution is 2.52. The standard InChI is InChI=1S/C19H25BrO3/c1-2-3-4-6-14-11-13-7-8-15(20)18-17(13)16(22-14)12-19(23-18)9-5-10-21-19/h7-8,14,16H,2-6,9-12H2,1H3/t14-,16-,19+/m0/s1. The molecule has 1 aromatic rings. The normalized spacial score (nSPS) is 31.9. The minimum atomic E-state index is -0.468. The third-order valence-corrected chi connectivity index (χ3v) is 5.97. The molecule has 23 heavy (non-hydrogen) atoms. The summed E-state index contributed by atoms with van der Waals surface area (Å²) in [5.74, 6) is 0.483. The summed E-state index contributed by atoms with van der Waals surface area (Å²) in [5.41, 5.74) is 2.65. The van der Waals surface area contributed by atoms with Gasteiger partial charge < -0.3 is 14.2 Å². The van der Waals surface area contributed by atoms with E-state index in [0.29, 0.717) is 6.10 Å². The number of hydrogen-bond donors (Lipinski definition) is 0. The number of unbranched alkanes of at least 4 members (excludes halogenated alkanes) is 2. The van der Waals surface area contributed by atoms with E-state index in [-0.39, 0.29) is 6.10 Å². The fourth-order valence-electron chi connectivity index (χ4n) is 4.21. The molecule has 4 heteroatoms. The van der Waals surface area contributed by atoms with E-state index in [1.807, 2.05) is 0 Å². The van der Waals surface area contributed by atoms with Crippen LogP contribution >= 0.6 is 15.9 Å². The first-order valence-corrected chi connectivity index (χ1v) is 9.80. The van der Waals surface area contributed by atoms with Gasteiger partial charge >= 0.3 is 0 Å². The van der Waals surface area contributed by atoms with Crippen molar-refractivity contribution in [3.05, 3.63) is 27.7 Å². The van der Waals surface area contributed by atoms with Crippen molar-refractivity contribution in [1.29, 1.82) is 0 Å². The van der Waals surface area contributed by atoms with Crippen LogP contribution in [-0.4, -0.2) is 18.5 Å². The van der Waals surface area contributed by atoms with Gasteiger partial charge in [0.15, 0.2) is 0 Å². The van der Waals surface area contributed by atoms with Crippen molar-refractivity contribution in [3.63, 3.8) is 0 Å². The van der Waals surface area contributed by atoms with Crippen LogP contribution in [-0.2, 0) is 15.9 Å². The Morgan fingerprint density at radius 3 is 3.00 bits per heavy atom. The second-order valence-electron chi connectivity index (χ2n) is 7.06. The van der Waals surface area contributed by atoms with E-state index in [1.54, 1.807) is 0 Å². The highest BCUT2D eigenvalue weighted by molar-refractivity contribution is 9.10. The average molecular weight is 381 g/mol. The number of halogens is 1. The lowest BCUT2D eigenvalue weighted by molar-refractivity contribution is -0.197. The van der Waals surface area contributed by atoms with Gasteiger partial charge in [-0.3, -0.25) is 0 Å². The fraction of sp³-hybridized carbons (Fsp3) is 0.684. The Labute approximate surface area is 146 Å². The van der Waals surface area contributed by atoms with Gasteiger partial charge in [-0.1, -0.05) is 32.3 Å². The number of rotatable bonds is 4. The van der Waals surface area contributed by atoms with Crippen molar-refractivity contribution in [2.24, 2.45) is 0 Å². The van der Waals surface area contributed by atoms with Crippen LogP contribution in [0.1, 0.15) is 69.1 Å². The van der Waals surface area contributed by atoms with Crippen molar-refractivity contribution in [2.45, 2.75) is 76.3 Å². The molecule has 0 bridgehead atoms. The van der Waals surface area contributed by atoms with Gasteiger partial charge in [0.1, 0.15) is 5.75 Å². The zero-order chi connectivity index (χ0) is 15.9. The Morgan fingerprint density at radius 2 is 2.22 bits per heavy atom. The van der Waals surface area contributed by atoms with Crippen LogP contribution in [0.3, 0.4) is 0 Å². The maximum atomic E-state index is 6.50. The molecule has 1 saturated heterocycles. The summed E-state index contributed by atoms with van der Waals surface area (Å²) in [7, 11) is 0. The molecule has 0 aromatic heterocycles. The van der Waals surface area contributed by atoms with Crippen molar-refractivity contribution >= 4 is 15.9 Å². The summed E-state index contributed by atoms with van der Waals surface area (Å²) in [6, 6.07) is 4.36. The smallest absolute Gasteiger partial charge is 0.213 e. The predicted octanol–water partition coefficient (Wildman–Crippen LogP) is 5.30. The van der Waals surface area contributed by atoms with E-state index in [1.165, 1.54) is 30.4 Å². The second-order valence-corrected chi connectivity index (χ2v) is 7.92. The van der Waals surface area contributed by atoms with Gasteiger partial charge in [0, 0.05) is 18.4 Å². The molecule has 1 fully saturated rings. The van der Waals surface area contributed by atoms with E-state index in [0.717, 1.165) is 48.9 Å². The molecule has 0 N–H and O–H groups in total. The molecule has 3 nitrogen and oxygen atoms in total. The van der Waals surface area contributed by atoms with Crippen molar-refractivity contribution in [1.82, 2.24) is 0 Å². The lowest BCUT2D eigenvalue weighted by Gasteiger charge is -2.43. The molecule has 0 saturated carbocycles. The Bertz CT molecular complexity index is 580. The summed E-state index contributed by atoms with van der Waals surface area (Å²) in [4.78, 5) is 0. The van der Waals surface area contributed by atoms with Crippen molar-refractivity contribution < 1.29 is 14.2 Å². The molecule has 3 aliphatic rings. The Hall–Kier alpha value is -0.580. The van der Waals surface area contributed by atoms with E-state index in [2.05, 4.69) is 35.0 Å². The zero-order valence-electron chi connectivity index (χ0n) is 13.8. The van der Waals surface area contributed by atoms with Gasteiger partial charge in [0.2, 0.25) is 5.79 Å². The van der Waals surface area contributed by atoms with E-state index in [9.17, 15) is 0 Å². The Balaban J connectivity index is 1.63. The molecule has 3 aliphatic heterocycles. The molecule has 126 valence electrons. The van der Waals surface area contributed by atoms with Crippen LogP contribution in [0, 0.1) is 0 Å². The quantitative estimate of drug-likeness (QED) is 0.663. The highest BCUT2D eigenvalue weighted by atomic mass is 79.9. The van der Waals surface area contributed by atoms with Crippen LogP contribution in [0.2, 0.25) is 0 Å². The molecule has 4 rings (SSSR count). The molecular weight excluding hydrogens is 356 g/mol. The van der Waals surface area contributed by atoms with Crippen molar-refractivity contribution in [3.8, 4) is 5.75 Å². The van der Waals surface area contributed by atoms with Crippen LogP contribution < -0.4 is 4.74 Å². The molecule has 1 spiro atoms. The highest BCUT2D eigenvalue weighted by Gasteiger charge is 2.48. The maximum absolute atomic E-state index is 6.50. The first-order valence-electron chi connectivity index (χ1n) is 9.00. The third-order valence-electron chi connectivity index (χ3n) is 5.35. The van der Waals surface area contributed by atoms with Gasteiger partial charge in [0.25, 0.3) is 0 Å². The zero-order valence-corrected chi connectivity index (χ0v) is 15.4. The second kappa shape index (κ2) is 6.38. The summed E-state index contributed by atoms with van der Waals surface area (Å²) >= 11 is 3.66. The molecule has 3 heterocycles. The molecule has 0 radical (unpaired) electrons. The molecular formula is C19H25BrO3. The van der Waals surface area contributed by atoms with Crippen LogP contribution in [0.15, 0.2) is 16.6 Å². The molecule has 0 amide bonds. The molecule has 1 aromatic carbocycles. The van der Waals surface area contributed by atoms with Gasteiger partial charge in [-0.15, -0.1) is 0 Å². The summed E-state index contributed by atoms with van der Waals surface area (Å²) in [5, 5.41) is 0. The third kappa shape index (κ3) is 2.94. The van der Waals surface area contributed by atoms with E-state index >= 15 is 0 Å². The van der Waals surface area contributed by atoms with Crippen LogP contribution in [0.5, 0.6) is 5.75 Å². The Morgan fingerprint density at radius 1 is 1.30 bits per heavy atom. The SMILES string of the molecule is CCCCC[C@H]1Cc2ccc(Br)c3c2[C@H](C[C@@]2(CCCO2)O3)O1.